The second kappa shape index (κ2) is 11.7. The van der Waals surface area contributed by atoms with Crippen LogP contribution in [0.1, 0.15) is 16.7 Å². The van der Waals surface area contributed by atoms with Crippen LogP contribution in [-0.4, -0.2) is 13.0 Å². The minimum atomic E-state index is -0.443. The van der Waals surface area contributed by atoms with Crippen LogP contribution in [-0.2, 0) is 17.9 Å². The normalized spacial score (nSPS) is 10.9. The molecule has 1 amide bonds. The number of carbonyl (C=O) groups is 1. The molecular weight excluding hydrogens is 583 g/mol. The lowest BCUT2D eigenvalue weighted by Crippen LogP contribution is -2.23. The standard InChI is InChI=1S/C25H20BrIN2O3/c1-31-23-12-19(11-20(14-28)25(30)29-15-17-5-3-2-4-6-17)22(26)13-24(23)32-16-18-7-9-21(27)10-8-18/h2-13H,15-16H2,1H3,(H,29,30)/b20-11-. The molecule has 0 heterocycles. The van der Waals surface area contributed by atoms with E-state index < -0.39 is 5.91 Å². The van der Waals surface area contributed by atoms with E-state index in [0.717, 1.165) is 14.7 Å². The number of hydrogen-bond donors (Lipinski definition) is 1. The fraction of sp³-hybridized carbons (Fsp3) is 0.120. The lowest BCUT2D eigenvalue weighted by atomic mass is 10.1. The summed E-state index contributed by atoms with van der Waals surface area (Å²) in [4.78, 5) is 12.5. The van der Waals surface area contributed by atoms with E-state index in [2.05, 4.69) is 43.8 Å². The highest BCUT2D eigenvalue weighted by molar-refractivity contribution is 14.1. The van der Waals surface area contributed by atoms with Gasteiger partial charge >= 0.3 is 0 Å². The van der Waals surface area contributed by atoms with E-state index in [9.17, 15) is 10.1 Å². The molecule has 0 spiro atoms. The number of ether oxygens (including phenoxy) is 2. The average molecular weight is 603 g/mol. The smallest absolute Gasteiger partial charge is 0.262 e. The third-order valence-electron chi connectivity index (χ3n) is 4.55. The Balaban J connectivity index is 1.75. The summed E-state index contributed by atoms with van der Waals surface area (Å²) < 4.78 is 13.2. The third kappa shape index (κ3) is 6.58. The van der Waals surface area contributed by atoms with Crippen molar-refractivity contribution in [2.24, 2.45) is 0 Å². The van der Waals surface area contributed by atoms with Crippen LogP contribution in [0.2, 0.25) is 0 Å². The maximum Gasteiger partial charge on any atom is 0.262 e. The second-order valence-corrected chi connectivity index (χ2v) is 8.88. The van der Waals surface area contributed by atoms with E-state index in [1.54, 1.807) is 19.2 Å². The molecule has 0 aliphatic heterocycles. The number of benzene rings is 3. The number of rotatable bonds is 8. The molecule has 0 saturated heterocycles. The fourth-order valence-electron chi connectivity index (χ4n) is 2.85. The Morgan fingerprint density at radius 2 is 1.81 bits per heavy atom. The molecule has 0 saturated carbocycles. The van der Waals surface area contributed by atoms with E-state index in [1.165, 1.54) is 6.08 Å². The van der Waals surface area contributed by atoms with E-state index in [0.29, 0.717) is 34.7 Å². The SMILES string of the molecule is COc1cc(/C=C(/C#N)C(=O)NCc2ccccc2)c(Br)cc1OCc1ccc(I)cc1. The predicted molar refractivity (Wildman–Crippen MR) is 136 cm³/mol. The van der Waals surface area contributed by atoms with Gasteiger partial charge in [-0.3, -0.25) is 4.79 Å². The molecule has 0 atom stereocenters. The molecule has 3 aromatic carbocycles. The molecule has 0 fully saturated rings. The molecule has 0 aliphatic rings. The van der Waals surface area contributed by atoms with Gasteiger partial charge in [0.2, 0.25) is 0 Å². The van der Waals surface area contributed by atoms with Crippen molar-refractivity contribution >= 4 is 50.5 Å². The molecule has 5 nitrogen and oxygen atoms in total. The van der Waals surface area contributed by atoms with E-state index in [1.807, 2.05) is 60.7 Å². The molecular formula is C25H20BrIN2O3. The Morgan fingerprint density at radius 1 is 1.09 bits per heavy atom. The lowest BCUT2D eigenvalue weighted by molar-refractivity contribution is -0.117. The van der Waals surface area contributed by atoms with Crippen LogP contribution >= 0.6 is 38.5 Å². The Bertz CT molecular complexity index is 1160. The molecule has 162 valence electrons. The zero-order valence-corrected chi connectivity index (χ0v) is 21.0. The highest BCUT2D eigenvalue weighted by Gasteiger charge is 2.14. The Labute approximate surface area is 209 Å². The van der Waals surface area contributed by atoms with Crippen molar-refractivity contribution in [3.8, 4) is 17.6 Å². The van der Waals surface area contributed by atoms with Crippen LogP contribution in [0.5, 0.6) is 11.5 Å². The number of nitrogens with zero attached hydrogens (tertiary/aromatic N) is 1. The monoisotopic (exact) mass is 602 g/mol. The van der Waals surface area contributed by atoms with Gasteiger partial charge in [-0.05, 0) is 69.6 Å². The van der Waals surface area contributed by atoms with Gasteiger partial charge < -0.3 is 14.8 Å². The minimum absolute atomic E-state index is 0.00348. The van der Waals surface area contributed by atoms with Gasteiger partial charge in [0.25, 0.3) is 5.91 Å². The highest BCUT2D eigenvalue weighted by atomic mass is 127. The number of methoxy groups -OCH3 is 1. The number of carbonyl (C=O) groups excluding carboxylic acids is 1. The van der Waals surface area contributed by atoms with Crippen LogP contribution in [0.15, 0.2) is 76.8 Å². The molecule has 0 aliphatic carbocycles. The van der Waals surface area contributed by atoms with Crippen molar-refractivity contribution in [3.05, 3.63) is 97.0 Å². The molecule has 7 heteroatoms. The number of amides is 1. The van der Waals surface area contributed by atoms with E-state index in [-0.39, 0.29) is 5.57 Å². The van der Waals surface area contributed by atoms with E-state index in [4.69, 9.17) is 9.47 Å². The molecule has 32 heavy (non-hydrogen) atoms. The van der Waals surface area contributed by atoms with Gasteiger partial charge in [0, 0.05) is 14.6 Å². The summed E-state index contributed by atoms with van der Waals surface area (Å²) in [5, 5.41) is 12.3. The Hall–Kier alpha value is -2.83. The zero-order valence-electron chi connectivity index (χ0n) is 17.3. The van der Waals surface area contributed by atoms with Gasteiger partial charge in [0.05, 0.1) is 7.11 Å². The first-order chi connectivity index (χ1) is 15.5. The summed E-state index contributed by atoms with van der Waals surface area (Å²) in [6.07, 6.45) is 1.52. The summed E-state index contributed by atoms with van der Waals surface area (Å²) >= 11 is 5.76. The van der Waals surface area contributed by atoms with Gasteiger partial charge in [-0.1, -0.05) is 58.4 Å². The highest BCUT2D eigenvalue weighted by Crippen LogP contribution is 2.35. The van der Waals surface area contributed by atoms with Crippen molar-refractivity contribution in [2.75, 3.05) is 7.11 Å². The van der Waals surface area contributed by atoms with Crippen LogP contribution < -0.4 is 14.8 Å². The van der Waals surface area contributed by atoms with Crippen molar-refractivity contribution in [3.63, 3.8) is 0 Å². The number of hydrogen-bond acceptors (Lipinski definition) is 4. The van der Waals surface area contributed by atoms with Gasteiger partial charge in [0.1, 0.15) is 18.2 Å². The van der Waals surface area contributed by atoms with Crippen LogP contribution in [0.3, 0.4) is 0 Å². The number of nitrogens with one attached hydrogen (secondary N) is 1. The van der Waals surface area contributed by atoms with Crippen molar-refractivity contribution in [1.29, 1.82) is 5.26 Å². The van der Waals surface area contributed by atoms with Crippen molar-refractivity contribution < 1.29 is 14.3 Å². The first-order valence-corrected chi connectivity index (χ1v) is 11.6. The third-order valence-corrected chi connectivity index (χ3v) is 5.96. The average Bonchev–Trinajstić information content (AvgIpc) is 2.82. The summed E-state index contributed by atoms with van der Waals surface area (Å²) in [6.45, 7) is 0.731. The summed E-state index contributed by atoms with van der Waals surface area (Å²) in [7, 11) is 1.55. The number of halogens is 2. The Kier molecular flexibility index (Phi) is 8.71. The molecule has 0 bridgehead atoms. The largest absolute Gasteiger partial charge is 0.493 e. The number of nitriles is 1. The quantitative estimate of drug-likeness (QED) is 0.199. The zero-order chi connectivity index (χ0) is 22.9. The van der Waals surface area contributed by atoms with Gasteiger partial charge in [-0.25, -0.2) is 0 Å². The summed E-state index contributed by atoms with van der Waals surface area (Å²) in [5.74, 6) is 0.621. The topological polar surface area (TPSA) is 71.3 Å². The van der Waals surface area contributed by atoms with Gasteiger partial charge in [-0.2, -0.15) is 5.26 Å². The molecule has 0 radical (unpaired) electrons. The first kappa shape index (κ1) is 23.8. The maximum atomic E-state index is 12.5. The van der Waals surface area contributed by atoms with Crippen LogP contribution in [0.4, 0.5) is 0 Å². The van der Waals surface area contributed by atoms with Crippen molar-refractivity contribution in [2.45, 2.75) is 13.2 Å². The maximum absolute atomic E-state index is 12.5. The van der Waals surface area contributed by atoms with E-state index >= 15 is 0 Å². The second-order valence-electron chi connectivity index (χ2n) is 6.78. The molecule has 0 unspecified atom stereocenters. The summed E-state index contributed by atoms with van der Waals surface area (Å²) in [6, 6.07) is 23.1. The van der Waals surface area contributed by atoms with Crippen LogP contribution in [0.25, 0.3) is 6.08 Å². The van der Waals surface area contributed by atoms with Gasteiger partial charge in [-0.15, -0.1) is 0 Å². The predicted octanol–water partition coefficient (Wildman–Crippen LogP) is 5.86. The lowest BCUT2D eigenvalue weighted by Gasteiger charge is -2.13. The molecule has 1 N–H and O–H groups in total. The Morgan fingerprint density at radius 3 is 2.47 bits per heavy atom. The van der Waals surface area contributed by atoms with Crippen LogP contribution in [0, 0.1) is 14.9 Å². The van der Waals surface area contributed by atoms with Crippen molar-refractivity contribution in [1.82, 2.24) is 5.32 Å². The first-order valence-electron chi connectivity index (χ1n) is 9.69. The molecule has 3 rings (SSSR count). The molecule has 3 aromatic rings. The van der Waals surface area contributed by atoms with Gasteiger partial charge in [0.15, 0.2) is 11.5 Å². The molecule has 0 aromatic heterocycles. The minimum Gasteiger partial charge on any atom is -0.493 e. The fourth-order valence-corrected chi connectivity index (χ4v) is 3.65. The summed E-state index contributed by atoms with van der Waals surface area (Å²) in [5.41, 5.74) is 2.62.